The van der Waals surface area contributed by atoms with E-state index >= 15 is 0 Å². The first-order chi connectivity index (χ1) is 8.01. The van der Waals surface area contributed by atoms with Crippen molar-refractivity contribution in [3.05, 3.63) is 11.8 Å². The lowest BCUT2D eigenvalue weighted by Crippen LogP contribution is -2.16. The molecule has 0 spiro atoms. The third-order valence-electron chi connectivity index (χ3n) is 2.14. The van der Waals surface area contributed by atoms with Gasteiger partial charge in [-0.25, -0.2) is 4.98 Å². The fourth-order valence-corrected chi connectivity index (χ4v) is 1.49. The van der Waals surface area contributed by atoms with Gasteiger partial charge in [-0.05, 0) is 27.0 Å². The molecular weight excluding hydrogens is 234 g/mol. The summed E-state index contributed by atoms with van der Waals surface area (Å²) in [4.78, 5) is 8.66. The molecule has 1 rings (SSSR count). The number of nitrogens with zero attached hydrogens (tertiary/aromatic N) is 2. The number of anilines is 1. The Bertz CT molecular complexity index is 358. The van der Waals surface area contributed by atoms with Gasteiger partial charge in [0.15, 0.2) is 0 Å². The van der Waals surface area contributed by atoms with Crippen LogP contribution in [-0.4, -0.2) is 34.1 Å². The predicted molar refractivity (Wildman–Crippen MR) is 74.0 cm³/mol. The van der Waals surface area contributed by atoms with E-state index < -0.39 is 0 Å². The summed E-state index contributed by atoms with van der Waals surface area (Å²) >= 11 is 1.81. The largest absolute Gasteiger partial charge is 0.475 e. The lowest BCUT2D eigenvalue weighted by atomic mass is 10.4. The molecule has 0 amide bonds. The van der Waals surface area contributed by atoms with Crippen molar-refractivity contribution in [3.63, 3.8) is 0 Å². The van der Waals surface area contributed by atoms with Crippen LogP contribution in [0.25, 0.3) is 0 Å². The Kier molecular flexibility index (Phi) is 5.55. The first-order valence-corrected chi connectivity index (χ1v) is 7.09. The fourth-order valence-electron chi connectivity index (χ4n) is 1.24. The molecule has 1 aromatic rings. The monoisotopic (exact) mass is 255 g/mol. The van der Waals surface area contributed by atoms with Gasteiger partial charge in [0.25, 0.3) is 0 Å². The van der Waals surface area contributed by atoms with E-state index in [1.54, 1.807) is 0 Å². The van der Waals surface area contributed by atoms with Gasteiger partial charge in [0.05, 0.1) is 6.10 Å². The maximum Gasteiger partial charge on any atom is 0.226 e. The van der Waals surface area contributed by atoms with E-state index in [0.717, 1.165) is 12.2 Å². The summed E-state index contributed by atoms with van der Waals surface area (Å²) in [6.07, 6.45) is 2.22. The Morgan fingerprint density at radius 3 is 2.65 bits per heavy atom. The van der Waals surface area contributed by atoms with Gasteiger partial charge in [0.2, 0.25) is 11.8 Å². The van der Waals surface area contributed by atoms with E-state index in [0.29, 0.717) is 17.1 Å². The lowest BCUT2D eigenvalue weighted by Gasteiger charge is -2.13. The van der Waals surface area contributed by atoms with Crippen molar-refractivity contribution < 1.29 is 4.74 Å². The van der Waals surface area contributed by atoms with Crippen molar-refractivity contribution in [2.45, 2.75) is 39.0 Å². The van der Waals surface area contributed by atoms with Crippen LogP contribution in [0.1, 0.15) is 26.5 Å². The molecule has 0 aliphatic heterocycles. The SMILES string of the molecule is CSC(C)CNc1nc(C)cc(OC(C)C)n1. The van der Waals surface area contributed by atoms with Gasteiger partial charge in [-0.15, -0.1) is 0 Å². The molecule has 0 saturated carbocycles. The van der Waals surface area contributed by atoms with Gasteiger partial charge in [-0.3, -0.25) is 0 Å². The second-order valence-corrected chi connectivity index (χ2v) is 5.54. The maximum atomic E-state index is 5.57. The number of aromatic nitrogens is 2. The standard InChI is InChI=1S/C12H21N3OS/c1-8(2)16-11-6-9(3)14-12(15-11)13-7-10(4)17-5/h6,8,10H,7H2,1-5H3,(H,13,14,15). The summed E-state index contributed by atoms with van der Waals surface area (Å²) in [5.41, 5.74) is 0.912. The molecule has 0 bridgehead atoms. The summed E-state index contributed by atoms with van der Waals surface area (Å²) in [7, 11) is 0. The number of nitrogens with one attached hydrogen (secondary N) is 1. The van der Waals surface area contributed by atoms with Gasteiger partial charge in [0.1, 0.15) is 0 Å². The molecule has 17 heavy (non-hydrogen) atoms. The van der Waals surface area contributed by atoms with Crippen LogP contribution in [0.4, 0.5) is 5.95 Å². The van der Waals surface area contributed by atoms with Crippen LogP contribution in [-0.2, 0) is 0 Å². The number of rotatable bonds is 6. The van der Waals surface area contributed by atoms with Crippen LogP contribution in [0.5, 0.6) is 5.88 Å². The van der Waals surface area contributed by atoms with E-state index in [4.69, 9.17) is 4.74 Å². The van der Waals surface area contributed by atoms with Crippen LogP contribution in [0.2, 0.25) is 0 Å². The van der Waals surface area contributed by atoms with Gasteiger partial charge in [0, 0.05) is 23.6 Å². The first kappa shape index (κ1) is 14.1. The molecule has 1 N–H and O–H groups in total. The zero-order valence-electron chi connectivity index (χ0n) is 11.2. The molecule has 1 aromatic heterocycles. The highest BCUT2D eigenvalue weighted by Crippen LogP contribution is 2.14. The van der Waals surface area contributed by atoms with Gasteiger partial charge < -0.3 is 10.1 Å². The zero-order chi connectivity index (χ0) is 12.8. The lowest BCUT2D eigenvalue weighted by molar-refractivity contribution is 0.232. The highest BCUT2D eigenvalue weighted by Gasteiger charge is 2.06. The molecule has 0 fully saturated rings. The Hall–Kier alpha value is -0.970. The van der Waals surface area contributed by atoms with Crippen LogP contribution in [0.15, 0.2) is 6.07 Å². The van der Waals surface area contributed by atoms with Crippen molar-refractivity contribution in [2.24, 2.45) is 0 Å². The summed E-state index contributed by atoms with van der Waals surface area (Å²) in [5, 5.41) is 3.76. The van der Waals surface area contributed by atoms with Crippen molar-refractivity contribution in [1.29, 1.82) is 0 Å². The smallest absolute Gasteiger partial charge is 0.226 e. The molecule has 96 valence electrons. The molecule has 5 heteroatoms. The summed E-state index contributed by atoms with van der Waals surface area (Å²) < 4.78 is 5.57. The van der Waals surface area contributed by atoms with Gasteiger partial charge in [-0.2, -0.15) is 16.7 Å². The Balaban J connectivity index is 2.68. The van der Waals surface area contributed by atoms with Crippen LogP contribution < -0.4 is 10.1 Å². The molecular formula is C12H21N3OS. The molecule has 1 atom stereocenters. The minimum Gasteiger partial charge on any atom is -0.475 e. The van der Waals surface area contributed by atoms with Crippen LogP contribution in [0, 0.1) is 6.92 Å². The predicted octanol–water partition coefficient (Wildman–Crippen LogP) is 2.74. The second-order valence-electron chi connectivity index (χ2n) is 4.26. The first-order valence-electron chi connectivity index (χ1n) is 5.80. The maximum absolute atomic E-state index is 5.57. The minimum atomic E-state index is 0.127. The highest BCUT2D eigenvalue weighted by molar-refractivity contribution is 7.99. The third-order valence-corrected chi connectivity index (χ3v) is 3.11. The molecule has 0 radical (unpaired) electrons. The molecule has 1 heterocycles. The molecule has 0 aliphatic carbocycles. The zero-order valence-corrected chi connectivity index (χ0v) is 12.0. The van der Waals surface area contributed by atoms with Crippen molar-refractivity contribution in [1.82, 2.24) is 9.97 Å². The van der Waals surface area contributed by atoms with Crippen molar-refractivity contribution in [3.8, 4) is 5.88 Å². The average molecular weight is 255 g/mol. The molecule has 1 unspecified atom stereocenters. The number of hydrogen-bond acceptors (Lipinski definition) is 5. The van der Waals surface area contributed by atoms with E-state index in [1.165, 1.54) is 0 Å². The molecule has 0 saturated heterocycles. The number of aryl methyl sites for hydroxylation is 1. The van der Waals surface area contributed by atoms with Crippen LogP contribution >= 0.6 is 11.8 Å². The summed E-state index contributed by atoms with van der Waals surface area (Å²) in [6.45, 7) is 8.93. The van der Waals surface area contributed by atoms with E-state index in [2.05, 4.69) is 28.5 Å². The van der Waals surface area contributed by atoms with E-state index in [-0.39, 0.29) is 6.10 Å². The Labute approximate surface area is 108 Å². The summed E-state index contributed by atoms with van der Waals surface area (Å²) in [6, 6.07) is 1.85. The van der Waals surface area contributed by atoms with Crippen molar-refractivity contribution >= 4 is 17.7 Å². The van der Waals surface area contributed by atoms with Crippen molar-refractivity contribution in [2.75, 3.05) is 18.1 Å². The molecule has 0 aliphatic rings. The number of hydrogen-bond donors (Lipinski definition) is 1. The second kappa shape index (κ2) is 6.69. The van der Waals surface area contributed by atoms with Crippen LogP contribution in [0.3, 0.4) is 0 Å². The fraction of sp³-hybridized carbons (Fsp3) is 0.667. The Morgan fingerprint density at radius 1 is 1.35 bits per heavy atom. The number of thioether (sulfide) groups is 1. The molecule has 4 nitrogen and oxygen atoms in total. The summed E-state index contributed by atoms with van der Waals surface area (Å²) in [5.74, 6) is 1.27. The molecule has 0 aromatic carbocycles. The normalized spacial score (nSPS) is 12.6. The van der Waals surface area contributed by atoms with E-state index in [1.807, 2.05) is 38.6 Å². The number of ether oxygens (including phenoxy) is 1. The highest BCUT2D eigenvalue weighted by atomic mass is 32.2. The van der Waals surface area contributed by atoms with Gasteiger partial charge in [-0.1, -0.05) is 6.92 Å². The van der Waals surface area contributed by atoms with Gasteiger partial charge >= 0.3 is 0 Å². The quantitative estimate of drug-likeness (QED) is 0.847. The van der Waals surface area contributed by atoms with E-state index in [9.17, 15) is 0 Å². The Morgan fingerprint density at radius 2 is 2.06 bits per heavy atom. The minimum absolute atomic E-state index is 0.127. The topological polar surface area (TPSA) is 47.0 Å². The third kappa shape index (κ3) is 5.26. The average Bonchev–Trinajstić information content (AvgIpc) is 2.24.